The molecule has 0 aromatic heterocycles. The van der Waals surface area contributed by atoms with Crippen LogP contribution in [0.5, 0.6) is 0 Å². The van der Waals surface area contributed by atoms with Crippen LogP contribution in [0.3, 0.4) is 0 Å². The molecule has 0 saturated carbocycles. The number of esters is 1. The quantitative estimate of drug-likeness (QED) is 0.716. The molecule has 0 heterocycles. The first kappa shape index (κ1) is 11.7. The van der Waals surface area contributed by atoms with Crippen molar-refractivity contribution in [2.75, 3.05) is 0 Å². The first-order chi connectivity index (χ1) is 7.04. The van der Waals surface area contributed by atoms with Gasteiger partial charge < -0.3 is 4.74 Å². The highest BCUT2D eigenvalue weighted by molar-refractivity contribution is 5.89. The van der Waals surface area contributed by atoms with Crippen LogP contribution < -0.4 is 0 Å². The molecule has 0 radical (unpaired) electrons. The topological polar surface area (TPSA) is 26.3 Å². The Labute approximate surface area is 89.1 Å². The molecule has 1 aromatic rings. The lowest BCUT2D eigenvalue weighted by atomic mass is 10.1. The van der Waals surface area contributed by atoms with Gasteiger partial charge in [-0.1, -0.05) is 6.92 Å². The van der Waals surface area contributed by atoms with Crippen molar-refractivity contribution >= 4 is 5.97 Å². The predicted octanol–water partition coefficient (Wildman–Crippen LogP) is 3.09. The molecule has 0 aliphatic rings. The van der Waals surface area contributed by atoms with Crippen molar-refractivity contribution in [3.63, 3.8) is 0 Å². The van der Waals surface area contributed by atoms with Gasteiger partial charge in [-0.05, 0) is 44.0 Å². The van der Waals surface area contributed by atoms with Crippen molar-refractivity contribution in [2.45, 2.75) is 33.3 Å². The zero-order chi connectivity index (χ0) is 11.4. The average molecular weight is 210 g/mol. The smallest absolute Gasteiger partial charge is 0.338 e. The molecule has 82 valence electrons. The van der Waals surface area contributed by atoms with Crippen LogP contribution in [0.4, 0.5) is 4.39 Å². The fraction of sp³-hybridized carbons (Fsp3) is 0.417. The molecule has 1 aromatic carbocycles. The predicted molar refractivity (Wildman–Crippen MR) is 56.3 cm³/mol. The number of rotatable bonds is 3. The van der Waals surface area contributed by atoms with E-state index in [-0.39, 0.29) is 11.9 Å². The Hall–Kier alpha value is -1.38. The minimum absolute atomic E-state index is 0.108. The van der Waals surface area contributed by atoms with E-state index in [0.717, 1.165) is 6.42 Å². The van der Waals surface area contributed by atoms with Gasteiger partial charge in [0, 0.05) is 0 Å². The number of halogens is 1. The van der Waals surface area contributed by atoms with Crippen LogP contribution in [0.2, 0.25) is 0 Å². The largest absolute Gasteiger partial charge is 0.459 e. The first-order valence-electron chi connectivity index (χ1n) is 5.01. The van der Waals surface area contributed by atoms with Crippen LogP contribution in [0, 0.1) is 12.7 Å². The van der Waals surface area contributed by atoms with Gasteiger partial charge in [0.15, 0.2) is 0 Å². The summed E-state index contributed by atoms with van der Waals surface area (Å²) in [6.45, 7) is 5.39. The lowest BCUT2D eigenvalue weighted by Gasteiger charge is -2.10. The van der Waals surface area contributed by atoms with Gasteiger partial charge in [-0.25, -0.2) is 9.18 Å². The summed E-state index contributed by atoms with van der Waals surface area (Å²) in [5, 5.41) is 0. The van der Waals surface area contributed by atoms with E-state index in [2.05, 4.69) is 0 Å². The van der Waals surface area contributed by atoms with E-state index in [1.807, 2.05) is 13.8 Å². The normalized spacial score (nSPS) is 12.3. The van der Waals surface area contributed by atoms with E-state index in [4.69, 9.17) is 4.74 Å². The summed E-state index contributed by atoms with van der Waals surface area (Å²) in [6.07, 6.45) is 0.661. The second-order valence-electron chi connectivity index (χ2n) is 3.59. The highest BCUT2D eigenvalue weighted by Gasteiger charge is 2.11. The highest BCUT2D eigenvalue weighted by Crippen LogP contribution is 2.11. The average Bonchev–Trinajstić information content (AvgIpc) is 2.21. The van der Waals surface area contributed by atoms with Crippen molar-refractivity contribution in [1.29, 1.82) is 0 Å². The van der Waals surface area contributed by atoms with Crippen molar-refractivity contribution in [3.8, 4) is 0 Å². The van der Waals surface area contributed by atoms with Crippen LogP contribution in [-0.2, 0) is 4.74 Å². The molecule has 0 N–H and O–H groups in total. The lowest BCUT2D eigenvalue weighted by Crippen LogP contribution is -2.14. The summed E-state index contributed by atoms with van der Waals surface area (Å²) >= 11 is 0. The maximum absolute atomic E-state index is 12.9. The summed E-state index contributed by atoms with van der Waals surface area (Å²) in [5.74, 6) is -0.706. The third-order valence-electron chi connectivity index (χ3n) is 2.28. The van der Waals surface area contributed by atoms with E-state index >= 15 is 0 Å². The number of benzene rings is 1. The van der Waals surface area contributed by atoms with Crippen molar-refractivity contribution in [1.82, 2.24) is 0 Å². The summed E-state index contributed by atoms with van der Waals surface area (Å²) in [4.78, 5) is 11.5. The monoisotopic (exact) mass is 210 g/mol. The highest BCUT2D eigenvalue weighted by atomic mass is 19.1. The van der Waals surface area contributed by atoms with Gasteiger partial charge >= 0.3 is 5.97 Å². The first-order valence-corrected chi connectivity index (χ1v) is 5.01. The third kappa shape index (κ3) is 3.05. The summed E-state index contributed by atoms with van der Waals surface area (Å²) in [7, 11) is 0. The Bertz CT molecular complexity index is 361. The molecular formula is C12H15FO2. The Balaban J connectivity index is 2.78. The summed E-state index contributed by atoms with van der Waals surface area (Å²) in [6, 6.07) is 4.22. The minimum atomic E-state index is -0.396. The molecule has 0 bridgehead atoms. The second kappa shape index (κ2) is 4.91. The minimum Gasteiger partial charge on any atom is -0.459 e. The number of carbonyl (C=O) groups excluding carboxylic acids is 1. The third-order valence-corrected chi connectivity index (χ3v) is 2.28. The van der Waals surface area contributed by atoms with Crippen LogP contribution in [-0.4, -0.2) is 12.1 Å². The van der Waals surface area contributed by atoms with Gasteiger partial charge in [0.1, 0.15) is 5.82 Å². The van der Waals surface area contributed by atoms with Gasteiger partial charge in [0.2, 0.25) is 0 Å². The fourth-order valence-corrected chi connectivity index (χ4v) is 1.11. The summed E-state index contributed by atoms with van der Waals surface area (Å²) in [5.41, 5.74) is 0.850. The van der Waals surface area contributed by atoms with Gasteiger partial charge in [0.05, 0.1) is 11.7 Å². The Kier molecular flexibility index (Phi) is 3.83. The fourth-order valence-electron chi connectivity index (χ4n) is 1.11. The molecule has 0 saturated heterocycles. The lowest BCUT2D eigenvalue weighted by molar-refractivity contribution is 0.0334. The molecule has 1 atom stereocenters. The van der Waals surface area contributed by atoms with Crippen molar-refractivity contribution in [3.05, 3.63) is 35.1 Å². The maximum atomic E-state index is 12.9. The van der Waals surface area contributed by atoms with E-state index in [0.29, 0.717) is 11.1 Å². The Morgan fingerprint density at radius 1 is 1.53 bits per heavy atom. The zero-order valence-electron chi connectivity index (χ0n) is 9.21. The molecule has 0 amide bonds. The molecule has 1 unspecified atom stereocenters. The number of carbonyl (C=O) groups is 1. The van der Waals surface area contributed by atoms with Gasteiger partial charge in [-0.3, -0.25) is 0 Å². The SMILES string of the molecule is CCC(C)OC(=O)c1ccc(F)c(C)c1. The molecule has 0 aliphatic carbocycles. The van der Waals surface area contributed by atoms with E-state index in [1.54, 1.807) is 6.92 Å². The molecule has 15 heavy (non-hydrogen) atoms. The van der Waals surface area contributed by atoms with Crippen molar-refractivity contribution < 1.29 is 13.9 Å². The Morgan fingerprint density at radius 3 is 2.73 bits per heavy atom. The molecule has 1 rings (SSSR count). The number of hydrogen-bond donors (Lipinski definition) is 0. The second-order valence-corrected chi connectivity index (χ2v) is 3.59. The number of aryl methyl sites for hydroxylation is 1. The van der Waals surface area contributed by atoms with Gasteiger partial charge in [-0.2, -0.15) is 0 Å². The molecule has 0 aliphatic heterocycles. The number of ether oxygens (including phenoxy) is 1. The van der Waals surface area contributed by atoms with Crippen LogP contribution in [0.25, 0.3) is 0 Å². The standard InChI is InChI=1S/C12H15FO2/c1-4-9(3)15-12(14)10-5-6-11(13)8(2)7-10/h5-7,9H,4H2,1-3H3. The Morgan fingerprint density at radius 2 is 2.20 bits per heavy atom. The van der Waals surface area contributed by atoms with E-state index in [1.165, 1.54) is 18.2 Å². The summed E-state index contributed by atoms with van der Waals surface area (Å²) < 4.78 is 18.1. The van der Waals surface area contributed by atoms with Gasteiger partial charge in [-0.15, -0.1) is 0 Å². The maximum Gasteiger partial charge on any atom is 0.338 e. The zero-order valence-corrected chi connectivity index (χ0v) is 9.21. The van der Waals surface area contributed by atoms with Crippen LogP contribution in [0.15, 0.2) is 18.2 Å². The van der Waals surface area contributed by atoms with Crippen molar-refractivity contribution in [2.24, 2.45) is 0 Å². The van der Waals surface area contributed by atoms with E-state index in [9.17, 15) is 9.18 Å². The molecule has 0 spiro atoms. The molecule has 2 nitrogen and oxygen atoms in total. The van der Waals surface area contributed by atoms with Crippen LogP contribution >= 0.6 is 0 Å². The number of hydrogen-bond acceptors (Lipinski definition) is 2. The molecule has 3 heteroatoms. The van der Waals surface area contributed by atoms with E-state index < -0.39 is 5.97 Å². The molecule has 0 fully saturated rings. The molecular weight excluding hydrogens is 195 g/mol. The van der Waals surface area contributed by atoms with Crippen LogP contribution in [0.1, 0.15) is 36.2 Å². The van der Waals surface area contributed by atoms with Gasteiger partial charge in [0.25, 0.3) is 0 Å².